The fourth-order valence-corrected chi connectivity index (χ4v) is 2.18. The molecule has 0 spiro atoms. The summed E-state index contributed by atoms with van der Waals surface area (Å²) in [5, 5.41) is 13.8. The number of nitrogens with zero attached hydrogens (tertiary/aromatic N) is 4. The Morgan fingerprint density at radius 2 is 2.00 bits per heavy atom. The smallest absolute Gasteiger partial charge is 0.134 e. The van der Waals surface area contributed by atoms with Gasteiger partial charge in [0, 0.05) is 23.6 Å². The zero-order valence-electron chi connectivity index (χ0n) is 10.6. The second-order valence-electron chi connectivity index (χ2n) is 5.40. The van der Waals surface area contributed by atoms with Crippen molar-refractivity contribution in [2.75, 3.05) is 5.32 Å². The standard InChI is InChI=1S/C13H16N6/c1-2-8(1)11-5-12(14-6-10-7-15-19-18-10)17-13(16-11)9-3-4-9/h5,7-9H,1-4,6H2,(H,14,16,17)(H,15,18,19). The van der Waals surface area contributed by atoms with Crippen LogP contribution in [0.2, 0.25) is 0 Å². The van der Waals surface area contributed by atoms with Gasteiger partial charge in [-0.3, -0.25) is 0 Å². The highest BCUT2D eigenvalue weighted by Gasteiger charge is 2.31. The van der Waals surface area contributed by atoms with E-state index in [1.807, 2.05) is 0 Å². The van der Waals surface area contributed by atoms with Crippen LogP contribution in [0.4, 0.5) is 5.82 Å². The molecule has 6 heteroatoms. The Bertz CT molecular complexity index is 541. The van der Waals surface area contributed by atoms with E-state index in [1.165, 1.54) is 31.4 Å². The first-order valence-electron chi connectivity index (χ1n) is 6.86. The molecule has 2 aromatic heterocycles. The van der Waals surface area contributed by atoms with Gasteiger partial charge in [-0.05, 0) is 25.7 Å². The molecule has 2 saturated carbocycles. The molecule has 0 radical (unpaired) electrons. The molecule has 0 unspecified atom stereocenters. The Morgan fingerprint density at radius 3 is 2.68 bits per heavy atom. The first kappa shape index (κ1) is 10.9. The molecule has 2 aliphatic rings. The Morgan fingerprint density at radius 1 is 1.16 bits per heavy atom. The van der Waals surface area contributed by atoms with Gasteiger partial charge < -0.3 is 5.32 Å². The molecule has 4 rings (SSSR count). The largest absolute Gasteiger partial charge is 0.364 e. The lowest BCUT2D eigenvalue weighted by Gasteiger charge is -2.08. The third-order valence-electron chi connectivity index (χ3n) is 3.62. The van der Waals surface area contributed by atoms with E-state index >= 15 is 0 Å². The van der Waals surface area contributed by atoms with Crippen molar-refractivity contribution >= 4 is 5.82 Å². The SMILES string of the molecule is c1n[nH]nc1CNc1cc(C2CC2)nc(C2CC2)n1. The molecule has 2 aliphatic carbocycles. The van der Waals surface area contributed by atoms with Gasteiger partial charge in [-0.1, -0.05) is 0 Å². The Labute approximate surface area is 111 Å². The van der Waals surface area contributed by atoms with Crippen molar-refractivity contribution in [3.8, 4) is 0 Å². The lowest BCUT2D eigenvalue weighted by atomic mass is 10.2. The van der Waals surface area contributed by atoms with Crippen molar-refractivity contribution < 1.29 is 0 Å². The van der Waals surface area contributed by atoms with Crippen LogP contribution in [0.1, 0.15) is 54.7 Å². The molecule has 0 aliphatic heterocycles. The van der Waals surface area contributed by atoms with E-state index in [4.69, 9.17) is 4.98 Å². The van der Waals surface area contributed by atoms with Gasteiger partial charge in [0.1, 0.15) is 17.3 Å². The average molecular weight is 256 g/mol. The maximum Gasteiger partial charge on any atom is 0.134 e. The highest BCUT2D eigenvalue weighted by Crippen LogP contribution is 2.43. The molecule has 0 saturated heterocycles. The van der Waals surface area contributed by atoms with Gasteiger partial charge in [0.25, 0.3) is 0 Å². The first-order chi connectivity index (χ1) is 9.38. The van der Waals surface area contributed by atoms with Crippen molar-refractivity contribution in [1.82, 2.24) is 25.4 Å². The number of hydrogen-bond donors (Lipinski definition) is 2. The van der Waals surface area contributed by atoms with Gasteiger partial charge in [0.15, 0.2) is 0 Å². The number of H-pyrrole nitrogens is 1. The molecule has 2 fully saturated rings. The van der Waals surface area contributed by atoms with Gasteiger partial charge in [0.2, 0.25) is 0 Å². The molecule has 2 N–H and O–H groups in total. The lowest BCUT2D eigenvalue weighted by molar-refractivity contribution is 0.865. The zero-order valence-corrected chi connectivity index (χ0v) is 10.6. The molecule has 0 amide bonds. The van der Waals surface area contributed by atoms with Crippen molar-refractivity contribution in [3.63, 3.8) is 0 Å². The molecule has 0 bridgehead atoms. The number of hydrogen-bond acceptors (Lipinski definition) is 5. The number of aromatic nitrogens is 5. The quantitative estimate of drug-likeness (QED) is 0.855. The second-order valence-corrected chi connectivity index (χ2v) is 5.40. The molecule has 19 heavy (non-hydrogen) atoms. The number of rotatable bonds is 5. The Kier molecular flexibility index (Phi) is 2.46. The van der Waals surface area contributed by atoms with Crippen LogP contribution in [0.15, 0.2) is 12.3 Å². The van der Waals surface area contributed by atoms with Crippen LogP contribution in [-0.2, 0) is 6.54 Å². The highest BCUT2D eigenvalue weighted by molar-refractivity contribution is 5.39. The van der Waals surface area contributed by atoms with Crippen LogP contribution < -0.4 is 5.32 Å². The molecule has 2 aromatic rings. The summed E-state index contributed by atoms with van der Waals surface area (Å²) in [5.41, 5.74) is 2.10. The first-order valence-corrected chi connectivity index (χ1v) is 6.86. The van der Waals surface area contributed by atoms with Gasteiger partial charge in [-0.25, -0.2) is 9.97 Å². The van der Waals surface area contributed by atoms with E-state index in [-0.39, 0.29) is 0 Å². The summed E-state index contributed by atoms with van der Waals surface area (Å²) in [6, 6.07) is 2.09. The average Bonchev–Trinajstić information content (AvgIpc) is 3.34. The highest BCUT2D eigenvalue weighted by atomic mass is 15.3. The topological polar surface area (TPSA) is 79.4 Å². The van der Waals surface area contributed by atoms with Crippen LogP contribution in [0.5, 0.6) is 0 Å². The normalized spacial score (nSPS) is 18.5. The summed E-state index contributed by atoms with van der Waals surface area (Å²) in [6.45, 7) is 0.641. The molecular weight excluding hydrogens is 240 g/mol. The Balaban J connectivity index is 1.55. The molecule has 0 atom stereocenters. The minimum atomic E-state index is 0.589. The van der Waals surface area contributed by atoms with E-state index in [1.54, 1.807) is 6.20 Å². The maximum atomic E-state index is 4.72. The van der Waals surface area contributed by atoms with Crippen LogP contribution in [0.3, 0.4) is 0 Å². The summed E-state index contributed by atoms with van der Waals surface area (Å²) in [7, 11) is 0. The van der Waals surface area contributed by atoms with Gasteiger partial charge in [-0.15, -0.1) is 0 Å². The monoisotopic (exact) mass is 256 g/mol. The zero-order chi connectivity index (χ0) is 12.7. The molecule has 0 aromatic carbocycles. The fraction of sp³-hybridized carbons (Fsp3) is 0.538. The molecular formula is C13H16N6. The van der Waals surface area contributed by atoms with Gasteiger partial charge >= 0.3 is 0 Å². The summed E-state index contributed by atoms with van der Waals surface area (Å²) in [5.74, 6) is 3.19. The van der Waals surface area contributed by atoms with Gasteiger partial charge in [-0.2, -0.15) is 15.4 Å². The summed E-state index contributed by atoms with van der Waals surface area (Å²) in [4.78, 5) is 9.34. The van der Waals surface area contributed by atoms with E-state index in [2.05, 4.69) is 31.8 Å². The minimum Gasteiger partial charge on any atom is -0.364 e. The van der Waals surface area contributed by atoms with Gasteiger partial charge in [0.05, 0.1) is 12.7 Å². The summed E-state index contributed by atoms with van der Waals surface area (Å²) >= 11 is 0. The number of aromatic amines is 1. The lowest BCUT2D eigenvalue weighted by Crippen LogP contribution is -2.06. The molecule has 6 nitrogen and oxygen atoms in total. The van der Waals surface area contributed by atoms with Crippen molar-refractivity contribution in [2.45, 2.75) is 44.1 Å². The van der Waals surface area contributed by atoms with Crippen molar-refractivity contribution in [3.05, 3.63) is 29.5 Å². The number of anilines is 1. The van der Waals surface area contributed by atoms with Crippen molar-refractivity contribution in [2.24, 2.45) is 0 Å². The third-order valence-corrected chi connectivity index (χ3v) is 3.62. The predicted octanol–water partition coefficient (Wildman–Crippen LogP) is 1.96. The van der Waals surface area contributed by atoms with Crippen LogP contribution in [0, 0.1) is 0 Å². The van der Waals surface area contributed by atoms with Crippen molar-refractivity contribution in [1.29, 1.82) is 0 Å². The summed E-state index contributed by atoms with van der Waals surface area (Å²) < 4.78 is 0. The molecule has 98 valence electrons. The maximum absolute atomic E-state index is 4.72. The van der Waals surface area contributed by atoms with Crippen LogP contribution in [0.25, 0.3) is 0 Å². The minimum absolute atomic E-state index is 0.589. The number of nitrogens with one attached hydrogen (secondary N) is 2. The van der Waals surface area contributed by atoms with Crippen LogP contribution in [-0.4, -0.2) is 25.4 Å². The fourth-order valence-electron chi connectivity index (χ4n) is 2.18. The van der Waals surface area contributed by atoms with E-state index in [0.717, 1.165) is 17.3 Å². The van der Waals surface area contributed by atoms with E-state index < -0.39 is 0 Å². The Hall–Kier alpha value is -1.98. The second kappa shape index (κ2) is 4.29. The van der Waals surface area contributed by atoms with E-state index in [0.29, 0.717) is 18.4 Å². The molecule has 2 heterocycles. The van der Waals surface area contributed by atoms with E-state index in [9.17, 15) is 0 Å². The van der Waals surface area contributed by atoms with Crippen LogP contribution >= 0.6 is 0 Å². The summed E-state index contributed by atoms with van der Waals surface area (Å²) in [6.07, 6.45) is 6.72. The third kappa shape index (κ3) is 2.43. The predicted molar refractivity (Wildman–Crippen MR) is 69.7 cm³/mol.